The van der Waals surface area contributed by atoms with E-state index in [2.05, 4.69) is 12.2 Å². The fourth-order valence-electron chi connectivity index (χ4n) is 2.23. The van der Waals surface area contributed by atoms with Crippen LogP contribution in [-0.4, -0.2) is 17.1 Å². The second-order valence-corrected chi connectivity index (χ2v) is 4.81. The van der Waals surface area contributed by atoms with Gasteiger partial charge in [-0.15, -0.1) is 0 Å². The highest BCUT2D eigenvalue weighted by molar-refractivity contribution is 5.96. The van der Waals surface area contributed by atoms with E-state index in [1.165, 1.54) is 12.8 Å². The molecule has 17 heavy (non-hydrogen) atoms. The van der Waals surface area contributed by atoms with Gasteiger partial charge in [-0.3, -0.25) is 4.79 Å². The van der Waals surface area contributed by atoms with Crippen LogP contribution in [0.5, 0.6) is 5.75 Å². The SMILES string of the molecule is CCCC1CC1NC(=O)c1cccc(O)c1C. The zero-order valence-electron chi connectivity index (χ0n) is 10.4. The van der Waals surface area contributed by atoms with Crippen molar-refractivity contribution in [2.75, 3.05) is 0 Å². The van der Waals surface area contributed by atoms with E-state index in [0.717, 1.165) is 6.42 Å². The molecule has 0 spiro atoms. The largest absolute Gasteiger partial charge is 0.508 e. The molecule has 92 valence electrons. The Kier molecular flexibility index (Phi) is 3.36. The Morgan fingerprint density at radius 1 is 1.53 bits per heavy atom. The van der Waals surface area contributed by atoms with Gasteiger partial charge in [-0.2, -0.15) is 0 Å². The number of amides is 1. The van der Waals surface area contributed by atoms with Gasteiger partial charge in [0.2, 0.25) is 0 Å². The molecule has 0 saturated heterocycles. The first-order chi connectivity index (χ1) is 8.13. The van der Waals surface area contributed by atoms with Gasteiger partial charge in [0.15, 0.2) is 0 Å². The molecule has 1 saturated carbocycles. The van der Waals surface area contributed by atoms with Gasteiger partial charge in [0.05, 0.1) is 0 Å². The maximum absolute atomic E-state index is 12.0. The Hall–Kier alpha value is -1.51. The molecule has 2 rings (SSSR count). The van der Waals surface area contributed by atoms with Crippen LogP contribution in [0.2, 0.25) is 0 Å². The molecule has 0 aliphatic heterocycles. The summed E-state index contributed by atoms with van der Waals surface area (Å²) in [7, 11) is 0. The first kappa shape index (κ1) is 12.0. The molecular weight excluding hydrogens is 214 g/mol. The summed E-state index contributed by atoms with van der Waals surface area (Å²) in [5.74, 6) is 0.766. The van der Waals surface area contributed by atoms with Gasteiger partial charge in [0.1, 0.15) is 5.75 Å². The van der Waals surface area contributed by atoms with Crippen LogP contribution in [0.4, 0.5) is 0 Å². The van der Waals surface area contributed by atoms with E-state index in [4.69, 9.17) is 0 Å². The number of nitrogens with one attached hydrogen (secondary N) is 1. The molecule has 1 aromatic rings. The van der Waals surface area contributed by atoms with Gasteiger partial charge in [-0.1, -0.05) is 19.4 Å². The minimum atomic E-state index is -0.0676. The highest BCUT2D eigenvalue weighted by Gasteiger charge is 2.37. The summed E-state index contributed by atoms with van der Waals surface area (Å²) in [4.78, 5) is 12.0. The number of phenols is 1. The zero-order chi connectivity index (χ0) is 12.4. The van der Waals surface area contributed by atoms with E-state index in [0.29, 0.717) is 23.1 Å². The first-order valence-electron chi connectivity index (χ1n) is 6.23. The normalized spacial score (nSPS) is 22.2. The molecule has 0 bridgehead atoms. The topological polar surface area (TPSA) is 49.3 Å². The summed E-state index contributed by atoms with van der Waals surface area (Å²) in [5.41, 5.74) is 1.23. The number of hydrogen-bond acceptors (Lipinski definition) is 2. The number of phenolic OH excluding ortho intramolecular Hbond substituents is 1. The van der Waals surface area contributed by atoms with Crippen LogP contribution in [0.25, 0.3) is 0 Å². The predicted molar refractivity (Wildman–Crippen MR) is 67.1 cm³/mol. The van der Waals surface area contributed by atoms with Crippen molar-refractivity contribution in [2.24, 2.45) is 5.92 Å². The van der Waals surface area contributed by atoms with E-state index in [-0.39, 0.29) is 11.7 Å². The summed E-state index contributed by atoms with van der Waals surface area (Å²) in [6, 6.07) is 5.39. The van der Waals surface area contributed by atoms with Crippen LogP contribution in [-0.2, 0) is 0 Å². The van der Waals surface area contributed by atoms with Gasteiger partial charge in [0.25, 0.3) is 5.91 Å². The van der Waals surface area contributed by atoms with Crippen molar-refractivity contribution in [1.82, 2.24) is 5.32 Å². The zero-order valence-corrected chi connectivity index (χ0v) is 10.4. The predicted octanol–water partition coefficient (Wildman–Crippen LogP) is 2.62. The number of rotatable bonds is 4. The standard InChI is InChI=1S/C14H19NO2/c1-3-5-10-8-12(10)15-14(17)11-6-4-7-13(16)9(11)2/h4,6-7,10,12,16H,3,5,8H2,1-2H3,(H,15,17). The number of hydrogen-bond donors (Lipinski definition) is 2. The molecule has 1 aliphatic rings. The summed E-state index contributed by atoms with van der Waals surface area (Å²) in [6.45, 7) is 3.93. The average Bonchev–Trinajstić information content (AvgIpc) is 3.01. The Morgan fingerprint density at radius 3 is 3.00 bits per heavy atom. The van der Waals surface area contributed by atoms with E-state index in [9.17, 15) is 9.90 Å². The smallest absolute Gasteiger partial charge is 0.251 e. The number of carbonyl (C=O) groups excluding carboxylic acids is 1. The third-order valence-electron chi connectivity index (χ3n) is 3.45. The van der Waals surface area contributed by atoms with E-state index in [1.54, 1.807) is 25.1 Å². The Bertz CT molecular complexity index is 428. The van der Waals surface area contributed by atoms with Crippen LogP contribution in [0.1, 0.15) is 42.1 Å². The molecule has 3 nitrogen and oxygen atoms in total. The molecule has 1 fully saturated rings. The lowest BCUT2D eigenvalue weighted by Gasteiger charge is -2.08. The maximum Gasteiger partial charge on any atom is 0.251 e. The van der Waals surface area contributed by atoms with Gasteiger partial charge >= 0.3 is 0 Å². The third-order valence-corrected chi connectivity index (χ3v) is 3.45. The summed E-state index contributed by atoms with van der Waals surface area (Å²) in [5, 5.41) is 12.6. The van der Waals surface area contributed by atoms with Gasteiger partial charge in [-0.05, 0) is 37.8 Å². The molecule has 1 aromatic carbocycles. The first-order valence-corrected chi connectivity index (χ1v) is 6.23. The summed E-state index contributed by atoms with van der Waals surface area (Å²) < 4.78 is 0. The fraction of sp³-hybridized carbons (Fsp3) is 0.500. The molecule has 2 unspecified atom stereocenters. The second-order valence-electron chi connectivity index (χ2n) is 4.81. The number of aromatic hydroxyl groups is 1. The lowest BCUT2D eigenvalue weighted by molar-refractivity contribution is 0.0947. The van der Waals surface area contributed by atoms with Crippen LogP contribution < -0.4 is 5.32 Å². The molecule has 0 heterocycles. The van der Waals surface area contributed by atoms with Crippen LogP contribution in [0.15, 0.2) is 18.2 Å². The fourth-order valence-corrected chi connectivity index (χ4v) is 2.23. The van der Waals surface area contributed by atoms with Crippen molar-refractivity contribution in [1.29, 1.82) is 0 Å². The van der Waals surface area contributed by atoms with Gasteiger partial charge in [0, 0.05) is 17.2 Å². The van der Waals surface area contributed by atoms with Crippen LogP contribution in [0, 0.1) is 12.8 Å². The van der Waals surface area contributed by atoms with E-state index < -0.39 is 0 Å². The molecule has 3 heteroatoms. The lowest BCUT2D eigenvalue weighted by Crippen LogP contribution is -2.27. The number of carbonyl (C=O) groups is 1. The second kappa shape index (κ2) is 4.78. The van der Waals surface area contributed by atoms with Crippen LogP contribution >= 0.6 is 0 Å². The van der Waals surface area contributed by atoms with Crippen molar-refractivity contribution in [3.8, 4) is 5.75 Å². The molecule has 2 N–H and O–H groups in total. The van der Waals surface area contributed by atoms with Crippen molar-refractivity contribution in [3.05, 3.63) is 29.3 Å². The van der Waals surface area contributed by atoms with Crippen molar-refractivity contribution >= 4 is 5.91 Å². The highest BCUT2D eigenvalue weighted by atomic mass is 16.3. The minimum absolute atomic E-state index is 0.0676. The highest BCUT2D eigenvalue weighted by Crippen LogP contribution is 2.35. The van der Waals surface area contributed by atoms with E-state index >= 15 is 0 Å². The maximum atomic E-state index is 12.0. The molecule has 1 amide bonds. The van der Waals surface area contributed by atoms with Crippen LogP contribution in [0.3, 0.4) is 0 Å². The number of benzene rings is 1. The van der Waals surface area contributed by atoms with Crippen molar-refractivity contribution in [2.45, 2.75) is 39.2 Å². The van der Waals surface area contributed by atoms with Crippen molar-refractivity contribution in [3.63, 3.8) is 0 Å². The summed E-state index contributed by atoms with van der Waals surface area (Å²) in [6.07, 6.45) is 3.45. The molecule has 2 atom stereocenters. The Morgan fingerprint density at radius 2 is 2.29 bits per heavy atom. The van der Waals surface area contributed by atoms with Crippen molar-refractivity contribution < 1.29 is 9.90 Å². The molecule has 0 aromatic heterocycles. The lowest BCUT2D eigenvalue weighted by atomic mass is 10.1. The van der Waals surface area contributed by atoms with Gasteiger partial charge < -0.3 is 10.4 Å². The molecular formula is C14H19NO2. The molecule has 0 radical (unpaired) electrons. The Balaban J connectivity index is 1.99. The van der Waals surface area contributed by atoms with Gasteiger partial charge in [-0.25, -0.2) is 0 Å². The quantitative estimate of drug-likeness (QED) is 0.839. The minimum Gasteiger partial charge on any atom is -0.508 e. The van der Waals surface area contributed by atoms with E-state index in [1.807, 2.05) is 0 Å². The third kappa shape index (κ3) is 2.60. The monoisotopic (exact) mass is 233 g/mol. The molecule has 1 aliphatic carbocycles. The summed E-state index contributed by atoms with van der Waals surface area (Å²) >= 11 is 0. The average molecular weight is 233 g/mol. The Labute approximate surface area is 102 Å².